The molecule has 14 heavy (non-hydrogen) atoms. The minimum absolute atomic E-state index is 0.0129. The van der Waals surface area contributed by atoms with Crippen LogP contribution in [0.4, 0.5) is 5.69 Å². The SMILES string of the molecule is Cc1cc(C(O)CO)ccc1[N+](=O)[O-]. The molecule has 1 aromatic carbocycles. The summed E-state index contributed by atoms with van der Waals surface area (Å²) in [5.41, 5.74) is 0.967. The van der Waals surface area contributed by atoms with Gasteiger partial charge in [-0.3, -0.25) is 10.1 Å². The molecule has 1 atom stereocenters. The highest BCUT2D eigenvalue weighted by atomic mass is 16.6. The van der Waals surface area contributed by atoms with Crippen LogP contribution < -0.4 is 0 Å². The second-order valence-corrected chi connectivity index (χ2v) is 3.00. The number of nitro groups is 1. The van der Waals surface area contributed by atoms with Gasteiger partial charge in [-0.1, -0.05) is 0 Å². The van der Waals surface area contributed by atoms with Gasteiger partial charge in [0.1, 0.15) is 6.10 Å². The zero-order valence-electron chi connectivity index (χ0n) is 7.67. The van der Waals surface area contributed by atoms with Crippen molar-refractivity contribution in [2.24, 2.45) is 0 Å². The molecular formula is C9H11NO4. The predicted molar refractivity (Wildman–Crippen MR) is 49.9 cm³/mol. The van der Waals surface area contributed by atoms with E-state index in [2.05, 4.69) is 0 Å². The summed E-state index contributed by atoms with van der Waals surface area (Å²) in [4.78, 5) is 9.98. The molecule has 1 rings (SSSR count). The fourth-order valence-electron chi connectivity index (χ4n) is 1.20. The molecule has 0 amide bonds. The maximum atomic E-state index is 10.5. The third-order valence-electron chi connectivity index (χ3n) is 1.98. The lowest BCUT2D eigenvalue weighted by Crippen LogP contribution is -2.03. The van der Waals surface area contributed by atoms with E-state index in [1.54, 1.807) is 6.92 Å². The van der Waals surface area contributed by atoms with Crippen molar-refractivity contribution in [1.29, 1.82) is 0 Å². The predicted octanol–water partition coefficient (Wildman–Crippen LogP) is 0.929. The lowest BCUT2D eigenvalue weighted by Gasteiger charge is -2.07. The van der Waals surface area contributed by atoms with Crippen LogP contribution >= 0.6 is 0 Å². The zero-order chi connectivity index (χ0) is 10.7. The molecule has 0 saturated heterocycles. The Kier molecular flexibility index (Phi) is 3.16. The third-order valence-corrected chi connectivity index (χ3v) is 1.98. The number of rotatable bonds is 3. The highest BCUT2D eigenvalue weighted by Crippen LogP contribution is 2.22. The van der Waals surface area contributed by atoms with Crippen LogP contribution in [-0.2, 0) is 0 Å². The van der Waals surface area contributed by atoms with Crippen molar-refractivity contribution in [2.45, 2.75) is 13.0 Å². The van der Waals surface area contributed by atoms with Gasteiger partial charge in [-0.2, -0.15) is 0 Å². The van der Waals surface area contributed by atoms with Crippen molar-refractivity contribution >= 4 is 5.69 Å². The summed E-state index contributed by atoms with van der Waals surface area (Å²) in [5, 5.41) is 28.4. The van der Waals surface area contributed by atoms with Crippen LogP contribution in [0.3, 0.4) is 0 Å². The first-order valence-corrected chi connectivity index (χ1v) is 4.10. The van der Waals surface area contributed by atoms with Crippen molar-refractivity contribution < 1.29 is 15.1 Å². The summed E-state index contributed by atoms with van der Waals surface area (Å²) in [6.45, 7) is 1.20. The first-order valence-electron chi connectivity index (χ1n) is 4.10. The van der Waals surface area contributed by atoms with Crippen molar-refractivity contribution in [3.63, 3.8) is 0 Å². The average Bonchev–Trinajstić information content (AvgIpc) is 2.15. The summed E-state index contributed by atoms with van der Waals surface area (Å²) in [6.07, 6.45) is -0.977. The highest BCUT2D eigenvalue weighted by molar-refractivity contribution is 5.42. The van der Waals surface area contributed by atoms with Crippen molar-refractivity contribution in [2.75, 3.05) is 6.61 Å². The minimum atomic E-state index is -0.977. The van der Waals surface area contributed by atoms with E-state index in [9.17, 15) is 15.2 Å². The first kappa shape index (κ1) is 10.6. The number of aliphatic hydroxyl groups is 2. The number of benzene rings is 1. The molecule has 0 spiro atoms. The second-order valence-electron chi connectivity index (χ2n) is 3.00. The van der Waals surface area contributed by atoms with Crippen LogP contribution in [0.15, 0.2) is 18.2 Å². The van der Waals surface area contributed by atoms with E-state index in [0.29, 0.717) is 11.1 Å². The fourth-order valence-corrected chi connectivity index (χ4v) is 1.20. The van der Waals surface area contributed by atoms with Crippen LogP contribution in [0.1, 0.15) is 17.2 Å². The normalized spacial score (nSPS) is 12.5. The van der Waals surface area contributed by atoms with Gasteiger partial charge in [0.15, 0.2) is 0 Å². The standard InChI is InChI=1S/C9H11NO4/c1-6-4-7(9(12)5-11)2-3-8(6)10(13)14/h2-4,9,11-12H,5H2,1H3. The van der Waals surface area contributed by atoms with Crippen molar-refractivity contribution in [3.8, 4) is 0 Å². The molecular weight excluding hydrogens is 186 g/mol. The minimum Gasteiger partial charge on any atom is -0.393 e. The number of hydrogen-bond donors (Lipinski definition) is 2. The van der Waals surface area contributed by atoms with Crippen molar-refractivity contribution in [3.05, 3.63) is 39.4 Å². The highest BCUT2D eigenvalue weighted by Gasteiger charge is 2.13. The van der Waals surface area contributed by atoms with Crippen LogP contribution in [0.25, 0.3) is 0 Å². The van der Waals surface area contributed by atoms with Crippen molar-refractivity contribution in [1.82, 2.24) is 0 Å². The van der Waals surface area contributed by atoms with Gasteiger partial charge in [0.25, 0.3) is 5.69 Å². The molecule has 2 N–H and O–H groups in total. The van der Waals surface area contributed by atoms with Crippen LogP contribution in [0, 0.1) is 17.0 Å². The molecule has 5 nitrogen and oxygen atoms in total. The van der Waals surface area contributed by atoms with E-state index < -0.39 is 17.6 Å². The molecule has 0 saturated carbocycles. The molecule has 0 radical (unpaired) electrons. The Hall–Kier alpha value is -1.46. The molecule has 0 bridgehead atoms. The lowest BCUT2D eigenvalue weighted by atomic mass is 10.1. The smallest absolute Gasteiger partial charge is 0.272 e. The Balaban J connectivity index is 3.06. The largest absolute Gasteiger partial charge is 0.393 e. The Morgan fingerprint density at radius 2 is 2.21 bits per heavy atom. The molecule has 1 unspecified atom stereocenters. The van der Waals surface area contributed by atoms with E-state index in [1.807, 2.05) is 0 Å². The Bertz CT molecular complexity index is 351. The number of nitrogens with zero attached hydrogens (tertiary/aromatic N) is 1. The lowest BCUT2D eigenvalue weighted by molar-refractivity contribution is -0.385. The summed E-state index contributed by atoms with van der Waals surface area (Å²) in [5.74, 6) is 0. The van der Waals surface area contributed by atoms with Crippen LogP contribution in [-0.4, -0.2) is 21.7 Å². The Labute approximate surface area is 80.8 Å². The zero-order valence-corrected chi connectivity index (χ0v) is 7.67. The molecule has 1 aromatic rings. The van der Waals surface area contributed by atoms with E-state index >= 15 is 0 Å². The first-order chi connectivity index (χ1) is 6.56. The molecule has 0 aliphatic rings. The average molecular weight is 197 g/mol. The van der Waals surface area contributed by atoms with Gasteiger partial charge in [0.2, 0.25) is 0 Å². The summed E-state index contributed by atoms with van der Waals surface area (Å²) < 4.78 is 0. The number of aryl methyl sites for hydroxylation is 1. The van der Waals surface area contributed by atoms with Gasteiger partial charge in [0.05, 0.1) is 11.5 Å². The topological polar surface area (TPSA) is 83.6 Å². The van der Waals surface area contributed by atoms with E-state index in [4.69, 9.17) is 5.11 Å². The molecule has 76 valence electrons. The van der Waals surface area contributed by atoms with E-state index in [0.717, 1.165) is 0 Å². The molecule has 5 heteroatoms. The van der Waals surface area contributed by atoms with E-state index in [1.165, 1.54) is 18.2 Å². The van der Waals surface area contributed by atoms with E-state index in [-0.39, 0.29) is 5.69 Å². The Morgan fingerprint density at radius 1 is 1.57 bits per heavy atom. The van der Waals surface area contributed by atoms with Crippen LogP contribution in [0.2, 0.25) is 0 Å². The third kappa shape index (κ3) is 2.07. The molecule has 0 aliphatic heterocycles. The number of hydrogen-bond acceptors (Lipinski definition) is 4. The maximum absolute atomic E-state index is 10.5. The second kappa shape index (κ2) is 4.17. The fraction of sp³-hybridized carbons (Fsp3) is 0.333. The van der Waals surface area contributed by atoms with Gasteiger partial charge in [-0.05, 0) is 24.6 Å². The Morgan fingerprint density at radius 3 is 2.64 bits per heavy atom. The van der Waals surface area contributed by atoms with Gasteiger partial charge in [0, 0.05) is 11.6 Å². The van der Waals surface area contributed by atoms with Gasteiger partial charge in [-0.25, -0.2) is 0 Å². The van der Waals surface area contributed by atoms with Gasteiger partial charge in [-0.15, -0.1) is 0 Å². The number of nitro benzene ring substituents is 1. The monoisotopic (exact) mass is 197 g/mol. The molecule has 0 fully saturated rings. The summed E-state index contributed by atoms with van der Waals surface area (Å²) in [7, 11) is 0. The summed E-state index contributed by atoms with van der Waals surface area (Å²) in [6, 6.07) is 4.26. The molecule has 0 aliphatic carbocycles. The molecule has 0 heterocycles. The maximum Gasteiger partial charge on any atom is 0.272 e. The number of aliphatic hydroxyl groups excluding tert-OH is 2. The van der Waals surface area contributed by atoms with Gasteiger partial charge < -0.3 is 10.2 Å². The summed E-state index contributed by atoms with van der Waals surface area (Å²) >= 11 is 0. The van der Waals surface area contributed by atoms with Gasteiger partial charge >= 0.3 is 0 Å². The quantitative estimate of drug-likeness (QED) is 0.557. The van der Waals surface area contributed by atoms with Crippen LogP contribution in [0.5, 0.6) is 0 Å². The molecule has 0 aromatic heterocycles.